The van der Waals surface area contributed by atoms with Gasteiger partial charge in [0.25, 0.3) is 0 Å². The summed E-state index contributed by atoms with van der Waals surface area (Å²) in [6.45, 7) is 2.28. The predicted octanol–water partition coefficient (Wildman–Crippen LogP) is 10.7. The lowest BCUT2D eigenvalue weighted by atomic mass is 9.91. The van der Waals surface area contributed by atoms with Crippen LogP contribution in [0.2, 0.25) is 0 Å². The Kier molecular flexibility index (Phi) is 6.45. The van der Waals surface area contributed by atoms with Gasteiger partial charge in [-0.15, -0.1) is 0 Å². The number of aryl methyl sites for hydroxylation is 1. The molecule has 0 radical (unpaired) electrons. The van der Waals surface area contributed by atoms with Gasteiger partial charge in [0.1, 0.15) is 0 Å². The van der Waals surface area contributed by atoms with Gasteiger partial charge in [0.2, 0.25) is 0 Å². The molecular weight excluding hydrogens is 570 g/mol. The van der Waals surface area contributed by atoms with E-state index in [0.717, 1.165) is 33.2 Å². The number of hydrogen-bond donors (Lipinski definition) is 0. The van der Waals surface area contributed by atoms with E-state index in [-0.39, 0.29) is 0 Å². The number of rotatable bonds is 6. The van der Waals surface area contributed by atoms with Crippen molar-refractivity contribution in [2.45, 2.75) is 32.6 Å². The third-order valence-corrected chi connectivity index (χ3v) is 8.29. The van der Waals surface area contributed by atoms with Crippen LogP contribution in [0, 0.1) is 0 Å². The first kappa shape index (κ1) is 23.5. The second-order valence-electron chi connectivity index (χ2n) is 9.51. The third-order valence-electron chi connectivity index (χ3n) is 7.23. The summed E-state index contributed by atoms with van der Waals surface area (Å²) in [5, 5.41) is 2.71. The SMILES string of the molecule is CCCCc1c2c(cc3cc(N(c4ccc(Br)cc4)c4ccc(Br)cc4)ccc13)-c1ccccc1C2. The number of nitrogens with zero attached hydrogens (tertiary/aromatic N) is 1. The van der Waals surface area contributed by atoms with Gasteiger partial charge in [0.15, 0.2) is 0 Å². The molecule has 0 amide bonds. The molecule has 0 saturated heterocycles. The Morgan fingerprint density at radius 3 is 2.00 bits per heavy atom. The van der Waals surface area contributed by atoms with Crippen LogP contribution in [-0.4, -0.2) is 0 Å². The molecule has 5 aromatic rings. The van der Waals surface area contributed by atoms with Crippen molar-refractivity contribution in [3.05, 3.63) is 123 Å². The Balaban J connectivity index is 1.55. The molecule has 1 aliphatic rings. The molecular formula is C33H27Br2N. The highest BCUT2D eigenvalue weighted by Crippen LogP contribution is 2.44. The van der Waals surface area contributed by atoms with Gasteiger partial charge in [-0.1, -0.05) is 75.5 Å². The second-order valence-corrected chi connectivity index (χ2v) is 11.3. The van der Waals surface area contributed by atoms with Crippen LogP contribution in [0.4, 0.5) is 17.1 Å². The number of anilines is 3. The lowest BCUT2D eigenvalue weighted by Crippen LogP contribution is -2.10. The minimum atomic E-state index is 1.05. The van der Waals surface area contributed by atoms with Gasteiger partial charge in [0, 0.05) is 26.0 Å². The summed E-state index contributed by atoms with van der Waals surface area (Å²) < 4.78 is 2.16. The zero-order chi connectivity index (χ0) is 24.6. The van der Waals surface area contributed by atoms with Crippen LogP contribution in [0.5, 0.6) is 0 Å². The Labute approximate surface area is 230 Å². The first-order chi connectivity index (χ1) is 17.6. The van der Waals surface area contributed by atoms with E-state index >= 15 is 0 Å². The number of benzene rings is 5. The highest BCUT2D eigenvalue weighted by molar-refractivity contribution is 9.10. The van der Waals surface area contributed by atoms with Crippen LogP contribution >= 0.6 is 31.9 Å². The van der Waals surface area contributed by atoms with E-state index in [0.29, 0.717) is 0 Å². The lowest BCUT2D eigenvalue weighted by Gasteiger charge is -2.26. The molecule has 0 spiro atoms. The molecule has 0 aromatic heterocycles. The van der Waals surface area contributed by atoms with Crippen molar-refractivity contribution < 1.29 is 0 Å². The fraction of sp³-hybridized carbons (Fsp3) is 0.152. The van der Waals surface area contributed by atoms with Crippen molar-refractivity contribution in [3.63, 3.8) is 0 Å². The first-order valence-electron chi connectivity index (χ1n) is 12.6. The van der Waals surface area contributed by atoms with E-state index < -0.39 is 0 Å². The monoisotopic (exact) mass is 595 g/mol. The summed E-state index contributed by atoms with van der Waals surface area (Å²) in [6, 6.07) is 35.5. The van der Waals surface area contributed by atoms with Crippen molar-refractivity contribution in [1.29, 1.82) is 0 Å². The van der Waals surface area contributed by atoms with E-state index in [2.05, 4.69) is 141 Å². The molecule has 5 aromatic carbocycles. The average molecular weight is 597 g/mol. The topological polar surface area (TPSA) is 3.24 Å². The van der Waals surface area contributed by atoms with Gasteiger partial charge in [-0.2, -0.15) is 0 Å². The van der Waals surface area contributed by atoms with Crippen LogP contribution in [0.15, 0.2) is 106 Å². The average Bonchev–Trinajstić information content (AvgIpc) is 3.27. The third kappa shape index (κ3) is 4.29. The van der Waals surface area contributed by atoms with Gasteiger partial charge < -0.3 is 4.90 Å². The quantitative estimate of drug-likeness (QED) is 0.185. The molecule has 1 nitrogen and oxygen atoms in total. The summed E-state index contributed by atoms with van der Waals surface area (Å²) in [5.74, 6) is 0. The van der Waals surface area contributed by atoms with Gasteiger partial charge >= 0.3 is 0 Å². The molecule has 0 heterocycles. The molecule has 0 saturated carbocycles. The minimum Gasteiger partial charge on any atom is -0.310 e. The van der Waals surface area contributed by atoms with E-state index in [4.69, 9.17) is 0 Å². The Hall–Kier alpha value is -2.88. The maximum absolute atomic E-state index is 3.59. The van der Waals surface area contributed by atoms with Crippen LogP contribution in [0.25, 0.3) is 21.9 Å². The standard InChI is InChI=1S/C33H27Br2N/c1-2-3-7-31-30-18-17-28(19-23(30)21-32-29-8-5-4-6-22(29)20-33(31)32)36(26-13-9-24(34)10-14-26)27-15-11-25(35)12-16-27/h4-6,8-19,21H,2-3,7,20H2,1H3. The highest BCUT2D eigenvalue weighted by Gasteiger charge is 2.23. The maximum atomic E-state index is 3.59. The van der Waals surface area contributed by atoms with Gasteiger partial charge in [-0.25, -0.2) is 0 Å². The number of fused-ring (bicyclic) bond motifs is 4. The molecule has 3 heteroatoms. The molecule has 178 valence electrons. The van der Waals surface area contributed by atoms with Crippen molar-refractivity contribution in [2.75, 3.05) is 4.90 Å². The summed E-state index contributed by atoms with van der Waals surface area (Å²) in [6.07, 6.45) is 4.60. The maximum Gasteiger partial charge on any atom is 0.0468 e. The lowest BCUT2D eigenvalue weighted by molar-refractivity contribution is 0.794. The highest BCUT2D eigenvalue weighted by atomic mass is 79.9. The van der Waals surface area contributed by atoms with Crippen LogP contribution < -0.4 is 4.90 Å². The van der Waals surface area contributed by atoms with Crippen molar-refractivity contribution in [3.8, 4) is 11.1 Å². The number of unbranched alkanes of at least 4 members (excludes halogenated alkanes) is 1. The molecule has 0 fully saturated rings. The van der Waals surface area contributed by atoms with Crippen LogP contribution in [-0.2, 0) is 12.8 Å². The van der Waals surface area contributed by atoms with Crippen LogP contribution in [0.3, 0.4) is 0 Å². The zero-order valence-electron chi connectivity index (χ0n) is 20.3. The fourth-order valence-electron chi connectivity index (χ4n) is 5.49. The Morgan fingerprint density at radius 2 is 1.33 bits per heavy atom. The molecule has 0 aliphatic heterocycles. The molecule has 0 atom stereocenters. The van der Waals surface area contributed by atoms with Crippen molar-refractivity contribution >= 4 is 59.7 Å². The molecule has 0 N–H and O–H groups in total. The van der Waals surface area contributed by atoms with Gasteiger partial charge in [0.05, 0.1) is 0 Å². The first-order valence-corrected chi connectivity index (χ1v) is 14.2. The van der Waals surface area contributed by atoms with E-state index in [9.17, 15) is 0 Å². The summed E-state index contributed by atoms with van der Waals surface area (Å²) in [5.41, 5.74) is 10.8. The number of halogens is 2. The molecule has 0 unspecified atom stereocenters. The van der Waals surface area contributed by atoms with Crippen molar-refractivity contribution in [2.24, 2.45) is 0 Å². The van der Waals surface area contributed by atoms with E-state index in [1.54, 1.807) is 0 Å². The molecule has 0 bridgehead atoms. The Morgan fingerprint density at radius 1 is 0.694 bits per heavy atom. The van der Waals surface area contributed by atoms with Crippen molar-refractivity contribution in [1.82, 2.24) is 0 Å². The zero-order valence-corrected chi connectivity index (χ0v) is 23.4. The fourth-order valence-corrected chi connectivity index (χ4v) is 6.02. The van der Waals surface area contributed by atoms with Gasteiger partial charge in [-0.05, 0) is 125 Å². The summed E-state index contributed by atoms with van der Waals surface area (Å²) in [4.78, 5) is 2.34. The van der Waals surface area contributed by atoms with E-state index in [1.165, 1.54) is 57.1 Å². The van der Waals surface area contributed by atoms with Gasteiger partial charge in [-0.3, -0.25) is 0 Å². The predicted molar refractivity (Wildman–Crippen MR) is 161 cm³/mol. The summed E-state index contributed by atoms with van der Waals surface area (Å²) >= 11 is 7.19. The normalized spacial score (nSPS) is 12.0. The largest absolute Gasteiger partial charge is 0.310 e. The number of hydrogen-bond acceptors (Lipinski definition) is 1. The smallest absolute Gasteiger partial charge is 0.0468 e. The molecule has 36 heavy (non-hydrogen) atoms. The minimum absolute atomic E-state index is 1.05. The molecule has 1 aliphatic carbocycles. The van der Waals surface area contributed by atoms with Crippen LogP contribution in [0.1, 0.15) is 36.5 Å². The summed E-state index contributed by atoms with van der Waals surface area (Å²) in [7, 11) is 0. The molecule has 6 rings (SSSR count). The second kappa shape index (κ2) is 9.88. The van der Waals surface area contributed by atoms with E-state index in [1.807, 2.05) is 0 Å². The Bertz CT molecular complexity index is 1510.